The smallest absolute Gasteiger partial charge is 0.258 e. The fraction of sp³-hybridized carbons (Fsp3) is 0.300. The Morgan fingerprint density at radius 3 is 3.08 bits per heavy atom. The fourth-order valence-electron chi connectivity index (χ4n) is 1.47. The van der Waals surface area contributed by atoms with Crippen molar-refractivity contribution in [1.29, 1.82) is 0 Å². The van der Waals surface area contributed by atoms with E-state index < -0.39 is 0 Å². The van der Waals surface area contributed by atoms with Gasteiger partial charge in [0.2, 0.25) is 0 Å². The summed E-state index contributed by atoms with van der Waals surface area (Å²) in [7, 11) is 0. The summed E-state index contributed by atoms with van der Waals surface area (Å²) in [6.45, 7) is 2.06. The van der Waals surface area contributed by atoms with E-state index in [1.54, 1.807) is 0 Å². The second-order valence-electron chi connectivity index (χ2n) is 3.12. The number of ether oxygens (including phenoxy) is 1. The van der Waals surface area contributed by atoms with E-state index in [-0.39, 0.29) is 18.6 Å². The molecule has 3 heteroatoms. The summed E-state index contributed by atoms with van der Waals surface area (Å²) in [5.41, 5.74) is 1.04. The van der Waals surface area contributed by atoms with Crippen molar-refractivity contribution in [3.05, 3.63) is 29.8 Å². The lowest BCUT2D eigenvalue weighted by atomic mass is 10.1. The monoisotopic (exact) mass is 177 g/mol. The number of fused-ring (bicyclic) bond motifs is 1. The van der Waals surface area contributed by atoms with Gasteiger partial charge in [-0.1, -0.05) is 18.2 Å². The van der Waals surface area contributed by atoms with Crippen molar-refractivity contribution in [2.75, 3.05) is 6.61 Å². The van der Waals surface area contributed by atoms with E-state index in [4.69, 9.17) is 4.74 Å². The Hall–Kier alpha value is -1.51. The minimum atomic E-state index is -0.0660. The van der Waals surface area contributed by atoms with E-state index in [9.17, 15) is 4.79 Å². The second kappa shape index (κ2) is 3.09. The molecule has 1 aliphatic heterocycles. The number of amides is 1. The molecular weight excluding hydrogens is 166 g/mol. The lowest BCUT2D eigenvalue weighted by Crippen LogP contribution is -2.28. The first-order valence-electron chi connectivity index (χ1n) is 4.28. The Balaban J connectivity index is 2.40. The van der Waals surface area contributed by atoms with Crippen LogP contribution < -0.4 is 10.1 Å². The normalized spacial score (nSPS) is 21.0. The van der Waals surface area contributed by atoms with Crippen molar-refractivity contribution in [2.24, 2.45) is 0 Å². The Kier molecular flexibility index (Phi) is 1.93. The van der Waals surface area contributed by atoms with Crippen LogP contribution in [-0.2, 0) is 4.79 Å². The first-order valence-corrected chi connectivity index (χ1v) is 4.28. The van der Waals surface area contributed by atoms with Gasteiger partial charge in [-0.05, 0) is 13.0 Å². The highest BCUT2D eigenvalue weighted by atomic mass is 16.5. The molecule has 0 spiro atoms. The van der Waals surface area contributed by atoms with Crippen molar-refractivity contribution < 1.29 is 9.53 Å². The topological polar surface area (TPSA) is 38.3 Å². The lowest BCUT2D eigenvalue weighted by molar-refractivity contribution is -0.123. The number of nitrogens with one attached hydrogen (secondary N) is 1. The molecule has 1 heterocycles. The minimum absolute atomic E-state index is 0.0335. The van der Waals surface area contributed by atoms with Gasteiger partial charge in [0.05, 0.1) is 6.04 Å². The zero-order valence-corrected chi connectivity index (χ0v) is 7.41. The molecule has 13 heavy (non-hydrogen) atoms. The largest absolute Gasteiger partial charge is 0.483 e. The van der Waals surface area contributed by atoms with Crippen molar-refractivity contribution in [2.45, 2.75) is 13.0 Å². The van der Waals surface area contributed by atoms with E-state index in [1.165, 1.54) is 0 Å². The van der Waals surface area contributed by atoms with Crippen LogP contribution in [0.3, 0.4) is 0 Å². The molecule has 3 nitrogen and oxygen atoms in total. The van der Waals surface area contributed by atoms with Crippen LogP contribution in [0.15, 0.2) is 24.3 Å². The molecule has 68 valence electrons. The maximum Gasteiger partial charge on any atom is 0.258 e. The second-order valence-corrected chi connectivity index (χ2v) is 3.12. The van der Waals surface area contributed by atoms with Crippen LogP contribution in [-0.4, -0.2) is 12.5 Å². The van der Waals surface area contributed by atoms with Crippen LogP contribution in [0.25, 0.3) is 0 Å². The zero-order chi connectivity index (χ0) is 9.26. The standard InChI is InChI=1S/C10H11NO2/c1-7-8-4-2-3-5-9(8)13-6-10(12)11-7/h2-5,7H,6H2,1H3,(H,11,12)/t7-/m1/s1. The third kappa shape index (κ3) is 1.49. The third-order valence-electron chi connectivity index (χ3n) is 2.12. The van der Waals surface area contributed by atoms with Gasteiger partial charge in [-0.3, -0.25) is 4.79 Å². The van der Waals surface area contributed by atoms with Crippen molar-refractivity contribution in [1.82, 2.24) is 5.32 Å². The summed E-state index contributed by atoms with van der Waals surface area (Å²) in [6, 6.07) is 7.72. The molecule has 0 saturated heterocycles. The number of benzene rings is 1. The summed E-state index contributed by atoms with van der Waals surface area (Å²) in [5, 5.41) is 2.83. The van der Waals surface area contributed by atoms with Gasteiger partial charge in [0.25, 0.3) is 5.91 Å². The van der Waals surface area contributed by atoms with E-state index in [2.05, 4.69) is 5.32 Å². The number of carbonyl (C=O) groups is 1. The van der Waals surface area contributed by atoms with Crippen LogP contribution in [0.4, 0.5) is 0 Å². The Morgan fingerprint density at radius 1 is 1.46 bits per heavy atom. The quantitative estimate of drug-likeness (QED) is 0.647. The Labute approximate surface area is 76.7 Å². The van der Waals surface area contributed by atoms with Crippen molar-refractivity contribution in [3.8, 4) is 5.75 Å². The number of rotatable bonds is 0. The average molecular weight is 177 g/mol. The predicted molar refractivity (Wildman–Crippen MR) is 48.5 cm³/mol. The summed E-state index contributed by atoms with van der Waals surface area (Å²) in [5.74, 6) is 0.733. The van der Waals surface area contributed by atoms with Gasteiger partial charge < -0.3 is 10.1 Å². The molecule has 1 atom stereocenters. The van der Waals surface area contributed by atoms with Crippen LogP contribution in [0, 0.1) is 0 Å². The molecular formula is C10H11NO2. The maximum absolute atomic E-state index is 11.1. The molecule has 0 radical (unpaired) electrons. The summed E-state index contributed by atoms with van der Waals surface area (Å²) in [6.07, 6.45) is 0. The SMILES string of the molecule is C[C@H]1NC(=O)COc2ccccc21. The average Bonchev–Trinajstić information content (AvgIpc) is 2.27. The van der Waals surface area contributed by atoms with E-state index in [0.717, 1.165) is 11.3 Å². The van der Waals surface area contributed by atoms with Crippen LogP contribution in [0.2, 0.25) is 0 Å². The summed E-state index contributed by atoms with van der Waals surface area (Å²) in [4.78, 5) is 11.1. The van der Waals surface area contributed by atoms with Gasteiger partial charge in [0.15, 0.2) is 6.61 Å². The van der Waals surface area contributed by atoms with Crippen molar-refractivity contribution in [3.63, 3.8) is 0 Å². The molecule has 0 saturated carbocycles. The molecule has 0 unspecified atom stereocenters. The van der Waals surface area contributed by atoms with Gasteiger partial charge in [-0.15, -0.1) is 0 Å². The summed E-state index contributed by atoms with van der Waals surface area (Å²) >= 11 is 0. The summed E-state index contributed by atoms with van der Waals surface area (Å²) < 4.78 is 5.32. The highest BCUT2D eigenvalue weighted by Crippen LogP contribution is 2.26. The Bertz CT molecular complexity index is 335. The van der Waals surface area contributed by atoms with Crippen LogP contribution in [0.5, 0.6) is 5.75 Å². The predicted octanol–water partition coefficient (Wildman–Crippen LogP) is 1.26. The van der Waals surface area contributed by atoms with Crippen molar-refractivity contribution >= 4 is 5.91 Å². The molecule has 1 aromatic carbocycles. The molecule has 1 amide bonds. The Morgan fingerprint density at radius 2 is 2.23 bits per heavy atom. The minimum Gasteiger partial charge on any atom is -0.483 e. The zero-order valence-electron chi connectivity index (χ0n) is 7.41. The number of hydrogen-bond donors (Lipinski definition) is 1. The van der Waals surface area contributed by atoms with Crippen LogP contribution in [0.1, 0.15) is 18.5 Å². The number of carbonyl (C=O) groups excluding carboxylic acids is 1. The highest BCUT2D eigenvalue weighted by molar-refractivity contribution is 5.78. The van der Waals surface area contributed by atoms with E-state index >= 15 is 0 Å². The van der Waals surface area contributed by atoms with Gasteiger partial charge in [-0.2, -0.15) is 0 Å². The molecule has 0 fully saturated rings. The van der Waals surface area contributed by atoms with Crippen LogP contribution >= 0.6 is 0 Å². The molecule has 1 aromatic rings. The number of para-hydroxylation sites is 1. The molecule has 0 bridgehead atoms. The van der Waals surface area contributed by atoms with Gasteiger partial charge in [0.1, 0.15) is 5.75 Å². The first-order chi connectivity index (χ1) is 6.27. The van der Waals surface area contributed by atoms with Gasteiger partial charge >= 0.3 is 0 Å². The molecule has 2 rings (SSSR count). The first kappa shape index (κ1) is 8.10. The highest BCUT2D eigenvalue weighted by Gasteiger charge is 2.18. The fourth-order valence-corrected chi connectivity index (χ4v) is 1.47. The third-order valence-corrected chi connectivity index (χ3v) is 2.12. The number of hydrogen-bond acceptors (Lipinski definition) is 2. The molecule has 0 aliphatic carbocycles. The van der Waals surface area contributed by atoms with E-state index in [1.807, 2.05) is 31.2 Å². The van der Waals surface area contributed by atoms with Gasteiger partial charge in [0, 0.05) is 5.56 Å². The maximum atomic E-state index is 11.1. The molecule has 1 N–H and O–H groups in total. The van der Waals surface area contributed by atoms with E-state index in [0.29, 0.717) is 0 Å². The van der Waals surface area contributed by atoms with Gasteiger partial charge in [-0.25, -0.2) is 0 Å². The lowest BCUT2D eigenvalue weighted by Gasteiger charge is -2.10. The molecule has 1 aliphatic rings. The molecule has 0 aromatic heterocycles.